The molecule has 0 amide bonds. The molecule has 0 spiro atoms. The predicted molar refractivity (Wildman–Crippen MR) is 111 cm³/mol. The molecule has 2 aliphatic rings. The molecule has 2 heterocycles. The number of halogens is 1. The predicted octanol–water partition coefficient (Wildman–Crippen LogP) is 4.97. The van der Waals surface area contributed by atoms with Crippen molar-refractivity contribution in [2.45, 2.75) is 12.8 Å². The highest BCUT2D eigenvalue weighted by Gasteiger charge is 2.27. The number of fused-ring (bicyclic) bond motifs is 1. The monoisotopic (exact) mass is 389 g/mol. The minimum absolute atomic E-state index is 0.770. The Balaban J connectivity index is 1.37. The molecule has 2 aromatic carbocycles. The number of nitrogens with zero attached hydrogens (tertiary/aromatic N) is 3. The molecule has 6 heteroatoms. The van der Waals surface area contributed by atoms with Crippen molar-refractivity contribution in [2.24, 2.45) is 0 Å². The molecule has 0 N–H and O–H groups in total. The van der Waals surface area contributed by atoms with E-state index in [9.17, 15) is 0 Å². The first-order valence-corrected chi connectivity index (χ1v) is 10.3. The fraction of sp³-hybridized carbons (Fsp3) is 0.400. The van der Waals surface area contributed by atoms with Crippen LogP contribution in [0.25, 0.3) is 0 Å². The summed E-state index contributed by atoms with van der Waals surface area (Å²) in [5, 5.41) is 0.770. The van der Waals surface area contributed by atoms with Crippen LogP contribution in [0.2, 0.25) is 5.02 Å². The van der Waals surface area contributed by atoms with Gasteiger partial charge in [-0.15, -0.1) is 0 Å². The van der Waals surface area contributed by atoms with Crippen molar-refractivity contribution < 1.29 is 4.74 Å². The lowest BCUT2D eigenvalue weighted by molar-refractivity contribution is 0.0373. The molecule has 138 valence electrons. The molecule has 0 radical (unpaired) electrons. The third kappa shape index (κ3) is 4.12. The van der Waals surface area contributed by atoms with Gasteiger partial charge in [-0.3, -0.25) is 13.5 Å². The van der Waals surface area contributed by atoms with E-state index in [0.717, 1.165) is 43.6 Å². The van der Waals surface area contributed by atoms with Gasteiger partial charge in [0.15, 0.2) is 0 Å². The first-order chi connectivity index (χ1) is 12.8. The number of anilines is 3. The number of rotatable bonds is 6. The van der Waals surface area contributed by atoms with E-state index in [2.05, 4.69) is 49.9 Å². The second-order valence-corrected chi connectivity index (χ2v) is 8.01. The molecular weight excluding hydrogens is 366 g/mol. The number of benzene rings is 2. The highest BCUT2D eigenvalue weighted by molar-refractivity contribution is 8.02. The lowest BCUT2D eigenvalue weighted by Gasteiger charge is -2.26. The molecule has 2 aliphatic heterocycles. The Morgan fingerprint density at radius 1 is 0.885 bits per heavy atom. The van der Waals surface area contributed by atoms with E-state index >= 15 is 0 Å². The van der Waals surface area contributed by atoms with Crippen molar-refractivity contribution in [3.05, 3.63) is 53.6 Å². The van der Waals surface area contributed by atoms with E-state index in [1.165, 1.54) is 30.8 Å². The Morgan fingerprint density at radius 2 is 1.58 bits per heavy atom. The fourth-order valence-corrected chi connectivity index (χ4v) is 4.61. The molecule has 4 nitrogen and oxygen atoms in total. The summed E-state index contributed by atoms with van der Waals surface area (Å²) in [5.74, 6) is 0. The maximum absolute atomic E-state index is 6.05. The molecule has 1 fully saturated rings. The number of hydrogen-bond donors (Lipinski definition) is 0. The minimum Gasteiger partial charge on any atom is -0.379 e. The fourth-order valence-electron chi connectivity index (χ4n) is 3.37. The van der Waals surface area contributed by atoms with Crippen LogP contribution >= 0.6 is 23.7 Å². The maximum Gasteiger partial charge on any atom is 0.0784 e. The zero-order valence-electron chi connectivity index (χ0n) is 14.8. The molecular formula is C20H24ClN3OS. The third-order valence-electron chi connectivity index (χ3n) is 4.80. The van der Waals surface area contributed by atoms with Crippen LogP contribution in [-0.2, 0) is 4.74 Å². The summed E-state index contributed by atoms with van der Waals surface area (Å²) in [6, 6.07) is 16.7. The van der Waals surface area contributed by atoms with Crippen LogP contribution in [0.1, 0.15) is 12.8 Å². The molecule has 4 rings (SSSR count). The Morgan fingerprint density at radius 3 is 2.35 bits per heavy atom. The molecule has 0 atom stereocenters. The molecule has 2 aromatic rings. The number of morpholine rings is 1. The average molecular weight is 390 g/mol. The van der Waals surface area contributed by atoms with Gasteiger partial charge in [0.2, 0.25) is 0 Å². The summed E-state index contributed by atoms with van der Waals surface area (Å²) in [6.45, 7) is 6.13. The van der Waals surface area contributed by atoms with Crippen LogP contribution < -0.4 is 8.61 Å². The van der Waals surface area contributed by atoms with E-state index < -0.39 is 0 Å². The zero-order chi connectivity index (χ0) is 17.8. The number of unbranched alkanes of at least 4 members (excludes halogenated alkanes) is 1. The zero-order valence-corrected chi connectivity index (χ0v) is 16.4. The van der Waals surface area contributed by atoms with Crippen molar-refractivity contribution in [3.8, 4) is 0 Å². The van der Waals surface area contributed by atoms with Crippen LogP contribution in [0.4, 0.5) is 17.1 Å². The van der Waals surface area contributed by atoms with Gasteiger partial charge in [0.1, 0.15) is 0 Å². The SMILES string of the molecule is Clc1ccc(N2SN(CCCCN3CCOCC3)c3ccccc32)cc1. The van der Waals surface area contributed by atoms with Gasteiger partial charge in [-0.05, 0) is 55.8 Å². The highest BCUT2D eigenvalue weighted by atomic mass is 35.5. The molecule has 26 heavy (non-hydrogen) atoms. The number of hydrogen-bond acceptors (Lipinski definition) is 5. The Bertz CT molecular complexity index is 721. The largest absolute Gasteiger partial charge is 0.379 e. The van der Waals surface area contributed by atoms with Gasteiger partial charge < -0.3 is 4.74 Å². The quantitative estimate of drug-likeness (QED) is 0.511. The van der Waals surface area contributed by atoms with Crippen molar-refractivity contribution in [2.75, 3.05) is 48.0 Å². The molecule has 0 aromatic heterocycles. The van der Waals surface area contributed by atoms with Crippen LogP contribution in [0.5, 0.6) is 0 Å². The van der Waals surface area contributed by atoms with Crippen molar-refractivity contribution >= 4 is 40.8 Å². The Labute approximate surface area is 164 Å². The molecule has 0 saturated carbocycles. The lowest BCUT2D eigenvalue weighted by atomic mass is 10.2. The van der Waals surface area contributed by atoms with Gasteiger partial charge in [-0.1, -0.05) is 23.7 Å². The topological polar surface area (TPSA) is 19.0 Å². The molecule has 0 aliphatic carbocycles. The second-order valence-electron chi connectivity index (χ2n) is 6.60. The maximum atomic E-state index is 6.05. The first-order valence-electron chi connectivity index (χ1n) is 9.22. The minimum atomic E-state index is 0.770. The normalized spacial score (nSPS) is 17.6. The average Bonchev–Trinajstić information content (AvgIpc) is 3.06. The summed E-state index contributed by atoms with van der Waals surface area (Å²) in [7, 11) is 0. The van der Waals surface area contributed by atoms with Crippen LogP contribution in [0.15, 0.2) is 48.5 Å². The van der Waals surface area contributed by atoms with Crippen LogP contribution in [0, 0.1) is 0 Å². The van der Waals surface area contributed by atoms with Crippen molar-refractivity contribution in [3.63, 3.8) is 0 Å². The van der Waals surface area contributed by atoms with E-state index in [4.69, 9.17) is 16.3 Å². The van der Waals surface area contributed by atoms with Crippen LogP contribution in [0.3, 0.4) is 0 Å². The second kappa shape index (κ2) is 8.53. The lowest BCUT2D eigenvalue weighted by Crippen LogP contribution is -2.37. The summed E-state index contributed by atoms with van der Waals surface area (Å²) in [5.41, 5.74) is 3.69. The summed E-state index contributed by atoms with van der Waals surface area (Å²) < 4.78 is 10.1. The van der Waals surface area contributed by atoms with E-state index in [1.54, 1.807) is 12.1 Å². The third-order valence-corrected chi connectivity index (χ3v) is 6.20. The van der Waals surface area contributed by atoms with Gasteiger partial charge >= 0.3 is 0 Å². The highest BCUT2D eigenvalue weighted by Crippen LogP contribution is 2.48. The van der Waals surface area contributed by atoms with Gasteiger partial charge in [0.25, 0.3) is 0 Å². The standard InChI is InChI=1S/C20H24ClN3OS/c21-17-7-9-18(10-8-17)24-20-6-2-1-5-19(20)23(26-24)12-4-3-11-22-13-15-25-16-14-22/h1-2,5-10H,3-4,11-16H2. The number of ether oxygens (including phenoxy) is 1. The Hall–Kier alpha value is -1.40. The van der Waals surface area contributed by atoms with E-state index in [0.29, 0.717) is 0 Å². The van der Waals surface area contributed by atoms with Gasteiger partial charge in [0.05, 0.1) is 42.4 Å². The van der Waals surface area contributed by atoms with Crippen molar-refractivity contribution in [1.82, 2.24) is 4.90 Å². The molecule has 0 unspecified atom stereocenters. The van der Waals surface area contributed by atoms with Gasteiger partial charge in [0, 0.05) is 24.7 Å². The molecule has 1 saturated heterocycles. The van der Waals surface area contributed by atoms with Gasteiger partial charge in [-0.2, -0.15) is 0 Å². The summed E-state index contributed by atoms with van der Waals surface area (Å²) in [4.78, 5) is 2.51. The molecule has 0 bridgehead atoms. The van der Waals surface area contributed by atoms with E-state index in [-0.39, 0.29) is 0 Å². The van der Waals surface area contributed by atoms with Crippen molar-refractivity contribution in [1.29, 1.82) is 0 Å². The Kier molecular flexibility index (Phi) is 5.90. The van der Waals surface area contributed by atoms with Crippen LogP contribution in [-0.4, -0.2) is 44.3 Å². The smallest absolute Gasteiger partial charge is 0.0784 e. The van der Waals surface area contributed by atoms with E-state index in [1.807, 2.05) is 12.1 Å². The first kappa shape index (κ1) is 18.0. The summed E-state index contributed by atoms with van der Waals surface area (Å²) in [6.07, 6.45) is 2.41. The van der Waals surface area contributed by atoms with Gasteiger partial charge in [-0.25, -0.2) is 0 Å². The summed E-state index contributed by atoms with van der Waals surface area (Å²) >= 11 is 7.82. The number of para-hydroxylation sites is 2.